The minimum atomic E-state index is -4.72. The second-order valence-electron chi connectivity index (χ2n) is 4.33. The molecular weight excluding hydrogens is 319 g/mol. The van der Waals surface area contributed by atoms with Gasteiger partial charge in [0, 0.05) is 12.6 Å². The van der Waals surface area contributed by atoms with Crippen molar-refractivity contribution in [2.24, 2.45) is 17.3 Å². The third kappa shape index (κ3) is 2.89. The second kappa shape index (κ2) is 5.52. The van der Waals surface area contributed by atoms with E-state index >= 15 is 0 Å². The molecule has 2 aromatic rings. The van der Waals surface area contributed by atoms with Crippen molar-refractivity contribution in [2.45, 2.75) is 13.1 Å². The monoisotopic (exact) mass is 327 g/mol. The summed E-state index contributed by atoms with van der Waals surface area (Å²) < 4.78 is 37.9. The first-order valence-electron chi connectivity index (χ1n) is 5.90. The van der Waals surface area contributed by atoms with Crippen LogP contribution in [0.4, 0.5) is 24.8 Å². The van der Waals surface area contributed by atoms with E-state index in [1.807, 2.05) is 0 Å². The maximum Gasteiger partial charge on any atom is 0.451 e. The fraction of sp³-hybridized carbons (Fsp3) is 0.273. The smallest absolute Gasteiger partial charge is 0.451 e. The van der Waals surface area contributed by atoms with E-state index in [1.54, 1.807) is 11.2 Å². The zero-order chi connectivity index (χ0) is 17.4. The zero-order valence-electron chi connectivity index (χ0n) is 11.7. The van der Waals surface area contributed by atoms with Gasteiger partial charge in [0.15, 0.2) is 5.69 Å². The van der Waals surface area contributed by atoms with Crippen molar-refractivity contribution in [3.63, 3.8) is 0 Å². The number of nitrogens with zero attached hydrogens (tertiary/aromatic N) is 6. The highest BCUT2D eigenvalue weighted by Gasteiger charge is 2.35. The van der Waals surface area contributed by atoms with Crippen molar-refractivity contribution in [3.05, 3.63) is 27.3 Å². The van der Waals surface area contributed by atoms with E-state index in [4.69, 9.17) is 5.26 Å². The maximum absolute atomic E-state index is 12.4. The van der Waals surface area contributed by atoms with Gasteiger partial charge in [-0.1, -0.05) is 0 Å². The van der Waals surface area contributed by atoms with E-state index in [-0.39, 0.29) is 16.8 Å². The average molecular weight is 327 g/mol. The standard InChI is InChI=1S/C11H8F3N7O2/c1-4-5(3-15)7(22)21(2)8(23)6(4)17-19-10-16-9(18-20-10)11(12,13)14/h22H,1-2H3,(H,16,18,20). The molecule has 12 heteroatoms. The van der Waals surface area contributed by atoms with Gasteiger partial charge in [0.1, 0.15) is 11.6 Å². The van der Waals surface area contributed by atoms with Crippen LogP contribution in [0.1, 0.15) is 17.0 Å². The Labute approximate surface area is 125 Å². The van der Waals surface area contributed by atoms with Crippen LogP contribution in [-0.4, -0.2) is 24.9 Å². The molecule has 0 radical (unpaired) electrons. The van der Waals surface area contributed by atoms with Gasteiger partial charge in [0.25, 0.3) is 11.5 Å². The number of halogens is 3. The van der Waals surface area contributed by atoms with Gasteiger partial charge in [-0.05, 0) is 6.92 Å². The Kier molecular flexibility index (Phi) is 3.87. The van der Waals surface area contributed by atoms with E-state index in [1.165, 1.54) is 14.0 Å². The predicted molar refractivity (Wildman–Crippen MR) is 68.4 cm³/mol. The lowest BCUT2D eigenvalue weighted by atomic mass is 10.1. The van der Waals surface area contributed by atoms with Gasteiger partial charge in [0.2, 0.25) is 11.7 Å². The highest BCUT2D eigenvalue weighted by molar-refractivity contribution is 5.56. The summed E-state index contributed by atoms with van der Waals surface area (Å²) in [6, 6.07) is 1.70. The van der Waals surface area contributed by atoms with Crippen LogP contribution in [0, 0.1) is 18.3 Å². The van der Waals surface area contributed by atoms with Crippen LogP contribution in [0.25, 0.3) is 0 Å². The Morgan fingerprint density at radius 3 is 2.57 bits per heavy atom. The van der Waals surface area contributed by atoms with Gasteiger partial charge in [-0.25, -0.2) is 0 Å². The van der Waals surface area contributed by atoms with Crippen LogP contribution in [0.5, 0.6) is 5.88 Å². The summed E-state index contributed by atoms with van der Waals surface area (Å²) in [4.78, 5) is 15.0. The van der Waals surface area contributed by atoms with Gasteiger partial charge in [0.05, 0.1) is 0 Å². The molecule has 2 heterocycles. The molecule has 0 spiro atoms. The maximum atomic E-state index is 12.4. The van der Waals surface area contributed by atoms with E-state index in [9.17, 15) is 23.1 Å². The van der Waals surface area contributed by atoms with Gasteiger partial charge < -0.3 is 5.11 Å². The summed E-state index contributed by atoms with van der Waals surface area (Å²) >= 11 is 0. The minimum Gasteiger partial charge on any atom is -0.493 e. The number of hydrogen-bond acceptors (Lipinski definition) is 7. The normalized spacial score (nSPS) is 11.8. The molecule has 2 N–H and O–H groups in total. The molecule has 23 heavy (non-hydrogen) atoms. The van der Waals surface area contributed by atoms with E-state index < -0.39 is 29.4 Å². The molecule has 0 bridgehead atoms. The summed E-state index contributed by atoms with van der Waals surface area (Å²) in [6.45, 7) is 1.34. The minimum absolute atomic E-state index is 0.0310. The zero-order valence-corrected chi connectivity index (χ0v) is 11.7. The summed E-state index contributed by atoms with van der Waals surface area (Å²) in [5.74, 6) is -2.55. The van der Waals surface area contributed by atoms with Crippen LogP contribution in [0.2, 0.25) is 0 Å². The van der Waals surface area contributed by atoms with Gasteiger partial charge in [-0.2, -0.15) is 23.4 Å². The highest BCUT2D eigenvalue weighted by atomic mass is 19.4. The number of alkyl halides is 3. The molecule has 2 rings (SSSR count). The van der Waals surface area contributed by atoms with Crippen molar-refractivity contribution < 1.29 is 18.3 Å². The molecule has 0 aromatic carbocycles. The Hall–Kier alpha value is -3.23. The molecule has 0 atom stereocenters. The summed E-state index contributed by atoms with van der Waals surface area (Å²) in [5, 5.41) is 30.3. The number of nitrogens with one attached hydrogen (secondary N) is 1. The third-order valence-corrected chi connectivity index (χ3v) is 2.87. The van der Waals surface area contributed by atoms with E-state index in [0.29, 0.717) is 0 Å². The highest BCUT2D eigenvalue weighted by Crippen LogP contribution is 2.28. The number of aromatic nitrogens is 4. The van der Waals surface area contributed by atoms with Crippen LogP contribution in [0.3, 0.4) is 0 Å². The largest absolute Gasteiger partial charge is 0.493 e. The molecule has 0 fully saturated rings. The molecule has 0 aliphatic carbocycles. The summed E-state index contributed by atoms with van der Waals surface area (Å²) in [6.07, 6.45) is -4.72. The van der Waals surface area contributed by atoms with E-state index in [0.717, 1.165) is 4.57 Å². The van der Waals surface area contributed by atoms with Crippen molar-refractivity contribution in [1.29, 1.82) is 5.26 Å². The SMILES string of the molecule is Cc1c(C#N)c(O)n(C)c(=O)c1N=Nc1n[nH]c(C(F)(F)F)n1. The predicted octanol–water partition coefficient (Wildman–Crippen LogP) is 1.82. The fourth-order valence-electron chi connectivity index (χ4n) is 1.64. The first-order chi connectivity index (χ1) is 10.7. The van der Waals surface area contributed by atoms with Crippen LogP contribution < -0.4 is 5.56 Å². The van der Waals surface area contributed by atoms with Crippen molar-refractivity contribution in [3.8, 4) is 11.9 Å². The van der Waals surface area contributed by atoms with Crippen LogP contribution in [0.15, 0.2) is 15.0 Å². The molecule has 0 amide bonds. The molecule has 120 valence electrons. The number of azo groups is 1. The van der Waals surface area contributed by atoms with Gasteiger partial charge >= 0.3 is 6.18 Å². The quantitative estimate of drug-likeness (QED) is 0.812. The Morgan fingerprint density at radius 2 is 2.04 bits per heavy atom. The number of rotatable bonds is 2. The molecule has 0 aliphatic heterocycles. The molecule has 2 aromatic heterocycles. The lowest BCUT2D eigenvalue weighted by molar-refractivity contribution is -0.144. The van der Waals surface area contributed by atoms with Crippen LogP contribution >= 0.6 is 0 Å². The number of nitriles is 1. The van der Waals surface area contributed by atoms with Crippen molar-refractivity contribution in [1.82, 2.24) is 19.7 Å². The summed E-state index contributed by atoms with van der Waals surface area (Å²) in [5.41, 5.74) is -1.27. The fourth-order valence-corrected chi connectivity index (χ4v) is 1.64. The topological polar surface area (TPSA) is 132 Å². The Bertz CT molecular complexity index is 889. The molecule has 0 saturated heterocycles. The molecule has 0 aliphatic rings. The van der Waals surface area contributed by atoms with Crippen molar-refractivity contribution >= 4 is 11.6 Å². The van der Waals surface area contributed by atoms with Gasteiger partial charge in [-0.3, -0.25) is 14.5 Å². The molecular formula is C11H8F3N7O2. The lowest BCUT2D eigenvalue weighted by Gasteiger charge is -2.07. The first-order valence-corrected chi connectivity index (χ1v) is 5.90. The average Bonchev–Trinajstić information content (AvgIpc) is 2.94. The molecule has 0 unspecified atom stereocenters. The number of H-pyrrole nitrogens is 1. The lowest BCUT2D eigenvalue weighted by Crippen LogP contribution is -2.18. The number of aromatic hydroxyl groups is 1. The van der Waals surface area contributed by atoms with E-state index in [2.05, 4.69) is 20.3 Å². The summed E-state index contributed by atoms with van der Waals surface area (Å²) in [7, 11) is 1.20. The second-order valence-corrected chi connectivity index (χ2v) is 4.33. The number of aromatic amines is 1. The Balaban J connectivity index is 2.49. The van der Waals surface area contributed by atoms with Crippen molar-refractivity contribution in [2.75, 3.05) is 0 Å². The van der Waals surface area contributed by atoms with Gasteiger partial charge in [-0.15, -0.1) is 15.3 Å². The van der Waals surface area contributed by atoms with Crippen LogP contribution in [-0.2, 0) is 13.2 Å². The Morgan fingerprint density at radius 1 is 1.39 bits per heavy atom. The first kappa shape index (κ1) is 16.1. The number of pyridine rings is 1. The number of hydrogen-bond donors (Lipinski definition) is 2. The molecule has 0 saturated carbocycles. The third-order valence-electron chi connectivity index (χ3n) is 2.87. The molecule has 9 nitrogen and oxygen atoms in total.